The van der Waals surface area contributed by atoms with Crippen molar-refractivity contribution in [3.05, 3.63) is 0 Å². The molecule has 0 bridgehead atoms. The van der Waals surface area contributed by atoms with Crippen LogP contribution in [0.15, 0.2) is 0 Å². The van der Waals surface area contributed by atoms with Gasteiger partial charge in [-0.3, -0.25) is 0 Å². The highest BCUT2D eigenvalue weighted by molar-refractivity contribution is 4.90. The second-order valence-electron chi connectivity index (χ2n) is 3.98. The summed E-state index contributed by atoms with van der Waals surface area (Å²) in [5.74, 6) is 1.81. The van der Waals surface area contributed by atoms with Crippen LogP contribution in [0.3, 0.4) is 0 Å². The Morgan fingerprint density at radius 1 is 1.00 bits per heavy atom. The molecule has 0 aromatic rings. The number of rotatable bonds is 0. The van der Waals surface area contributed by atoms with Crippen molar-refractivity contribution in [1.29, 1.82) is 0 Å². The summed E-state index contributed by atoms with van der Waals surface area (Å²) in [6.07, 6.45) is 5.32. The minimum atomic E-state index is 0.653. The summed E-state index contributed by atoms with van der Waals surface area (Å²) >= 11 is 0. The van der Waals surface area contributed by atoms with Crippen molar-refractivity contribution in [1.82, 2.24) is 0 Å². The van der Waals surface area contributed by atoms with Crippen molar-refractivity contribution < 1.29 is 4.74 Å². The fourth-order valence-corrected chi connectivity index (χ4v) is 1.95. The second-order valence-corrected chi connectivity index (χ2v) is 3.98. The van der Waals surface area contributed by atoms with Gasteiger partial charge in [0.15, 0.2) is 0 Å². The van der Waals surface area contributed by atoms with Gasteiger partial charge in [0.2, 0.25) is 0 Å². The van der Waals surface area contributed by atoms with Gasteiger partial charge in [-0.15, -0.1) is 0 Å². The second kappa shape index (κ2) is 2.23. The molecule has 1 nitrogen and oxygen atoms in total. The highest BCUT2D eigenvalue weighted by atomic mass is 16.6. The number of hydrogen-bond acceptors (Lipinski definition) is 1. The third kappa shape index (κ3) is 1.07. The van der Waals surface area contributed by atoms with Gasteiger partial charge in [-0.1, -0.05) is 13.8 Å². The predicted molar refractivity (Wildman–Crippen MR) is 40.8 cm³/mol. The minimum Gasteiger partial charge on any atom is -0.370 e. The maximum Gasteiger partial charge on any atom is 0.0844 e. The van der Waals surface area contributed by atoms with E-state index >= 15 is 0 Å². The van der Waals surface area contributed by atoms with E-state index in [0.29, 0.717) is 12.2 Å². The quantitative estimate of drug-likeness (QED) is 0.470. The highest BCUT2D eigenvalue weighted by Crippen LogP contribution is 2.39. The van der Waals surface area contributed by atoms with E-state index in [0.717, 1.165) is 11.8 Å². The van der Waals surface area contributed by atoms with E-state index in [1.54, 1.807) is 0 Å². The van der Waals surface area contributed by atoms with Crippen molar-refractivity contribution >= 4 is 0 Å². The van der Waals surface area contributed by atoms with E-state index in [1.807, 2.05) is 0 Å². The molecule has 1 aliphatic heterocycles. The lowest BCUT2D eigenvalue weighted by Gasteiger charge is -2.15. The molecule has 0 aromatic carbocycles. The number of ether oxygens (including phenoxy) is 1. The monoisotopic (exact) mass is 140 g/mol. The zero-order chi connectivity index (χ0) is 7.14. The van der Waals surface area contributed by atoms with Crippen molar-refractivity contribution in [3.8, 4) is 0 Å². The minimum absolute atomic E-state index is 0.653. The smallest absolute Gasteiger partial charge is 0.0844 e. The first-order valence-corrected chi connectivity index (χ1v) is 4.43. The third-order valence-corrected chi connectivity index (χ3v) is 3.17. The number of hydrogen-bond donors (Lipinski definition) is 0. The summed E-state index contributed by atoms with van der Waals surface area (Å²) in [4.78, 5) is 0. The molecule has 2 aliphatic rings. The van der Waals surface area contributed by atoms with Crippen LogP contribution < -0.4 is 0 Å². The lowest BCUT2D eigenvalue weighted by atomic mass is 9.91. The summed E-state index contributed by atoms with van der Waals surface area (Å²) in [5, 5.41) is 0. The van der Waals surface area contributed by atoms with Crippen molar-refractivity contribution in [3.63, 3.8) is 0 Å². The third-order valence-electron chi connectivity index (χ3n) is 3.17. The fourth-order valence-electron chi connectivity index (χ4n) is 1.95. The summed E-state index contributed by atoms with van der Waals surface area (Å²) in [7, 11) is 0. The van der Waals surface area contributed by atoms with Gasteiger partial charge in [0.1, 0.15) is 0 Å². The molecule has 0 radical (unpaired) electrons. The summed E-state index contributed by atoms with van der Waals surface area (Å²) in [5.41, 5.74) is 0. The van der Waals surface area contributed by atoms with Crippen molar-refractivity contribution in [2.75, 3.05) is 0 Å². The summed E-state index contributed by atoms with van der Waals surface area (Å²) < 4.78 is 5.48. The lowest BCUT2D eigenvalue weighted by molar-refractivity contribution is 0.261. The van der Waals surface area contributed by atoms with Crippen LogP contribution in [0.4, 0.5) is 0 Å². The lowest BCUT2D eigenvalue weighted by Crippen LogP contribution is -2.07. The molecule has 58 valence electrons. The average molecular weight is 140 g/mol. The van der Waals surface area contributed by atoms with Crippen LogP contribution in [0.1, 0.15) is 33.1 Å². The topological polar surface area (TPSA) is 12.5 Å². The highest BCUT2D eigenvalue weighted by Gasteiger charge is 2.42. The van der Waals surface area contributed by atoms with Gasteiger partial charge >= 0.3 is 0 Å². The maximum absolute atomic E-state index is 5.48. The fraction of sp³-hybridized carbons (Fsp3) is 1.00. The van der Waals surface area contributed by atoms with E-state index in [1.165, 1.54) is 19.3 Å². The van der Waals surface area contributed by atoms with Gasteiger partial charge in [0.25, 0.3) is 0 Å². The summed E-state index contributed by atoms with van der Waals surface area (Å²) in [6, 6.07) is 0. The summed E-state index contributed by atoms with van der Waals surface area (Å²) in [6.45, 7) is 4.73. The Morgan fingerprint density at radius 3 is 2.60 bits per heavy atom. The Hall–Kier alpha value is -0.0400. The van der Waals surface area contributed by atoms with Crippen LogP contribution in [0.2, 0.25) is 0 Å². The van der Waals surface area contributed by atoms with Crippen LogP contribution in [0, 0.1) is 11.8 Å². The largest absolute Gasteiger partial charge is 0.370 e. The van der Waals surface area contributed by atoms with E-state index in [-0.39, 0.29) is 0 Å². The van der Waals surface area contributed by atoms with E-state index in [2.05, 4.69) is 13.8 Å². The van der Waals surface area contributed by atoms with Gasteiger partial charge in [-0.2, -0.15) is 0 Å². The van der Waals surface area contributed by atoms with Gasteiger partial charge in [0.05, 0.1) is 12.2 Å². The van der Waals surface area contributed by atoms with E-state index < -0.39 is 0 Å². The Labute approximate surface area is 62.8 Å². The molecular formula is C9H16O. The first kappa shape index (κ1) is 6.66. The van der Waals surface area contributed by atoms with Crippen molar-refractivity contribution in [2.45, 2.75) is 45.3 Å². The van der Waals surface area contributed by atoms with Crippen LogP contribution in [0.5, 0.6) is 0 Å². The van der Waals surface area contributed by atoms with Crippen molar-refractivity contribution in [2.24, 2.45) is 11.8 Å². The Morgan fingerprint density at radius 2 is 1.80 bits per heavy atom. The van der Waals surface area contributed by atoms with E-state index in [9.17, 15) is 0 Å². The first-order chi connectivity index (χ1) is 4.77. The normalized spacial score (nSPS) is 53.4. The molecule has 0 spiro atoms. The van der Waals surface area contributed by atoms with Crippen LogP contribution in [0.25, 0.3) is 0 Å². The van der Waals surface area contributed by atoms with Gasteiger partial charge in [0, 0.05) is 0 Å². The van der Waals surface area contributed by atoms with Crippen LogP contribution in [-0.2, 0) is 4.74 Å². The molecule has 1 heterocycles. The standard InChI is InChI=1S/C9H16O/c1-6-3-4-8-9(10-8)5-7(6)2/h6-9H,3-5H2,1-2H3. The number of fused-ring (bicyclic) bond motifs is 1. The molecule has 0 N–H and O–H groups in total. The molecule has 0 aromatic heterocycles. The molecule has 1 saturated carbocycles. The molecule has 2 rings (SSSR count). The van der Waals surface area contributed by atoms with E-state index in [4.69, 9.17) is 4.74 Å². The molecule has 4 atom stereocenters. The average Bonchev–Trinajstić information content (AvgIpc) is 2.61. The molecule has 1 aliphatic carbocycles. The Bertz CT molecular complexity index is 133. The molecule has 4 unspecified atom stereocenters. The van der Waals surface area contributed by atoms with Gasteiger partial charge < -0.3 is 4.74 Å². The zero-order valence-corrected chi connectivity index (χ0v) is 6.84. The molecular weight excluding hydrogens is 124 g/mol. The predicted octanol–water partition coefficient (Wildman–Crippen LogP) is 2.21. The number of epoxide rings is 1. The Balaban J connectivity index is 1.96. The van der Waals surface area contributed by atoms with Gasteiger partial charge in [-0.05, 0) is 31.1 Å². The van der Waals surface area contributed by atoms with Crippen LogP contribution in [-0.4, -0.2) is 12.2 Å². The maximum atomic E-state index is 5.48. The molecule has 1 saturated heterocycles. The Kier molecular flexibility index (Phi) is 1.48. The molecule has 2 fully saturated rings. The molecule has 0 amide bonds. The zero-order valence-electron chi connectivity index (χ0n) is 6.84. The van der Waals surface area contributed by atoms with Crippen LogP contribution >= 0.6 is 0 Å². The SMILES string of the molecule is CC1CCC2OC2CC1C. The molecule has 10 heavy (non-hydrogen) atoms. The first-order valence-electron chi connectivity index (χ1n) is 4.43. The van der Waals surface area contributed by atoms with Gasteiger partial charge in [-0.25, -0.2) is 0 Å². The molecule has 1 heteroatoms.